The van der Waals surface area contributed by atoms with Gasteiger partial charge in [-0.1, -0.05) is 33.6 Å². The van der Waals surface area contributed by atoms with Gasteiger partial charge in [-0.15, -0.1) is 0 Å². The summed E-state index contributed by atoms with van der Waals surface area (Å²) >= 11 is 0. The van der Waals surface area contributed by atoms with Gasteiger partial charge in [-0.2, -0.15) is 0 Å². The minimum Gasteiger partial charge on any atom is -0.303 e. The van der Waals surface area contributed by atoms with Gasteiger partial charge in [0, 0.05) is 5.92 Å². The van der Waals surface area contributed by atoms with Gasteiger partial charge < -0.3 is 4.79 Å². The van der Waals surface area contributed by atoms with E-state index in [1.54, 1.807) is 0 Å². The standard InChI is InChI=1S/C9H18O/c1-8(2)5-4-6-9(3)7-10/h7-9H,4-6H2,1-3H3. The summed E-state index contributed by atoms with van der Waals surface area (Å²) in [7, 11) is 0. The summed E-state index contributed by atoms with van der Waals surface area (Å²) < 4.78 is 0. The number of rotatable bonds is 5. The molecule has 0 bridgehead atoms. The fraction of sp³-hybridized carbons (Fsp3) is 0.889. The Morgan fingerprint density at radius 1 is 1.20 bits per heavy atom. The zero-order valence-electron chi connectivity index (χ0n) is 7.26. The summed E-state index contributed by atoms with van der Waals surface area (Å²) in [5, 5.41) is 0. The van der Waals surface area contributed by atoms with Gasteiger partial charge in [0.1, 0.15) is 6.29 Å². The van der Waals surface area contributed by atoms with Crippen molar-refractivity contribution in [2.75, 3.05) is 0 Å². The van der Waals surface area contributed by atoms with Crippen molar-refractivity contribution in [2.45, 2.75) is 40.0 Å². The smallest absolute Gasteiger partial charge is 0.122 e. The zero-order valence-corrected chi connectivity index (χ0v) is 7.26. The largest absolute Gasteiger partial charge is 0.303 e. The van der Waals surface area contributed by atoms with Crippen molar-refractivity contribution in [3.8, 4) is 0 Å². The van der Waals surface area contributed by atoms with Crippen LogP contribution in [0, 0.1) is 11.8 Å². The van der Waals surface area contributed by atoms with Crippen LogP contribution in [0.25, 0.3) is 0 Å². The molecule has 1 heteroatoms. The van der Waals surface area contributed by atoms with E-state index in [9.17, 15) is 4.79 Å². The average molecular weight is 142 g/mol. The van der Waals surface area contributed by atoms with E-state index < -0.39 is 0 Å². The Balaban J connectivity index is 3.11. The third-order valence-corrected chi connectivity index (χ3v) is 1.67. The van der Waals surface area contributed by atoms with Crippen LogP contribution in [0.15, 0.2) is 0 Å². The molecular weight excluding hydrogens is 124 g/mol. The first-order chi connectivity index (χ1) is 4.66. The van der Waals surface area contributed by atoms with Crippen LogP contribution in [-0.2, 0) is 4.79 Å². The van der Waals surface area contributed by atoms with Gasteiger partial charge in [-0.3, -0.25) is 0 Å². The Morgan fingerprint density at radius 2 is 1.80 bits per heavy atom. The number of hydrogen-bond donors (Lipinski definition) is 0. The van der Waals surface area contributed by atoms with Crippen molar-refractivity contribution in [1.82, 2.24) is 0 Å². The van der Waals surface area contributed by atoms with Gasteiger partial charge in [0.25, 0.3) is 0 Å². The first-order valence-corrected chi connectivity index (χ1v) is 4.12. The Labute approximate surface area is 63.8 Å². The molecule has 0 aromatic carbocycles. The van der Waals surface area contributed by atoms with Crippen LogP contribution in [-0.4, -0.2) is 6.29 Å². The molecule has 0 aliphatic carbocycles. The number of aldehydes is 1. The molecule has 0 rings (SSSR count). The van der Waals surface area contributed by atoms with E-state index in [2.05, 4.69) is 13.8 Å². The van der Waals surface area contributed by atoms with Gasteiger partial charge in [-0.25, -0.2) is 0 Å². The quantitative estimate of drug-likeness (QED) is 0.539. The number of carbonyl (C=O) groups is 1. The van der Waals surface area contributed by atoms with Crippen molar-refractivity contribution in [2.24, 2.45) is 11.8 Å². The van der Waals surface area contributed by atoms with Crippen molar-refractivity contribution in [3.63, 3.8) is 0 Å². The molecule has 0 N–H and O–H groups in total. The summed E-state index contributed by atoms with van der Waals surface area (Å²) in [5.74, 6) is 1.04. The van der Waals surface area contributed by atoms with E-state index in [4.69, 9.17) is 0 Å². The molecule has 1 atom stereocenters. The first-order valence-electron chi connectivity index (χ1n) is 4.12. The molecule has 0 saturated carbocycles. The average Bonchev–Trinajstić information content (AvgIpc) is 1.87. The molecule has 0 aliphatic heterocycles. The van der Waals surface area contributed by atoms with Gasteiger partial charge in [0.2, 0.25) is 0 Å². The van der Waals surface area contributed by atoms with E-state index in [0.29, 0.717) is 0 Å². The number of hydrogen-bond acceptors (Lipinski definition) is 1. The third-order valence-electron chi connectivity index (χ3n) is 1.67. The van der Waals surface area contributed by atoms with Crippen molar-refractivity contribution >= 4 is 6.29 Å². The summed E-state index contributed by atoms with van der Waals surface area (Å²) in [5.41, 5.74) is 0. The molecule has 0 fully saturated rings. The van der Waals surface area contributed by atoms with E-state index in [1.807, 2.05) is 6.92 Å². The Hall–Kier alpha value is -0.330. The fourth-order valence-electron chi connectivity index (χ4n) is 0.916. The van der Waals surface area contributed by atoms with E-state index in [0.717, 1.165) is 18.6 Å². The highest BCUT2D eigenvalue weighted by Crippen LogP contribution is 2.10. The summed E-state index contributed by atoms with van der Waals surface area (Å²) in [6, 6.07) is 0. The SMILES string of the molecule is CC(C)CCCC(C)C=O. The molecule has 1 nitrogen and oxygen atoms in total. The third kappa shape index (κ3) is 5.80. The molecule has 1 unspecified atom stereocenters. The maximum absolute atomic E-state index is 10.2. The molecule has 60 valence electrons. The molecule has 0 aromatic rings. The maximum Gasteiger partial charge on any atom is 0.122 e. The van der Waals surface area contributed by atoms with Crippen LogP contribution in [0.1, 0.15) is 40.0 Å². The van der Waals surface area contributed by atoms with Crippen LogP contribution >= 0.6 is 0 Å². The van der Waals surface area contributed by atoms with Crippen LogP contribution in [0.3, 0.4) is 0 Å². The van der Waals surface area contributed by atoms with Gasteiger partial charge in [-0.05, 0) is 12.3 Å². The zero-order chi connectivity index (χ0) is 7.98. The fourth-order valence-corrected chi connectivity index (χ4v) is 0.916. The molecular formula is C9H18O. The molecule has 0 aromatic heterocycles. The molecule has 0 radical (unpaired) electrons. The highest BCUT2D eigenvalue weighted by atomic mass is 16.1. The van der Waals surface area contributed by atoms with Crippen molar-refractivity contribution < 1.29 is 4.79 Å². The topological polar surface area (TPSA) is 17.1 Å². The lowest BCUT2D eigenvalue weighted by molar-refractivity contribution is -0.110. The lowest BCUT2D eigenvalue weighted by atomic mass is 10.0. The predicted octanol–water partition coefficient (Wildman–Crippen LogP) is 2.65. The van der Waals surface area contributed by atoms with Crippen LogP contribution < -0.4 is 0 Å². The minimum atomic E-state index is 0.263. The first kappa shape index (κ1) is 9.67. The van der Waals surface area contributed by atoms with E-state index >= 15 is 0 Å². The Kier molecular flexibility index (Phi) is 5.27. The molecule has 10 heavy (non-hydrogen) atoms. The molecule has 0 heterocycles. The number of carbonyl (C=O) groups excluding carboxylic acids is 1. The van der Waals surface area contributed by atoms with Crippen LogP contribution in [0.2, 0.25) is 0 Å². The normalized spacial score (nSPS) is 13.6. The Bertz CT molecular complexity index is 86.7. The highest BCUT2D eigenvalue weighted by molar-refractivity contribution is 5.52. The van der Waals surface area contributed by atoms with Crippen molar-refractivity contribution in [1.29, 1.82) is 0 Å². The van der Waals surface area contributed by atoms with E-state index in [1.165, 1.54) is 12.8 Å². The second-order valence-electron chi connectivity index (χ2n) is 3.44. The predicted molar refractivity (Wildman–Crippen MR) is 43.9 cm³/mol. The van der Waals surface area contributed by atoms with Gasteiger partial charge in [0.15, 0.2) is 0 Å². The monoisotopic (exact) mass is 142 g/mol. The molecule has 0 aliphatic rings. The second-order valence-corrected chi connectivity index (χ2v) is 3.44. The minimum absolute atomic E-state index is 0.263. The van der Waals surface area contributed by atoms with Gasteiger partial charge in [0.05, 0.1) is 0 Å². The Morgan fingerprint density at radius 3 is 2.20 bits per heavy atom. The summed E-state index contributed by atoms with van der Waals surface area (Å²) in [4.78, 5) is 10.2. The van der Waals surface area contributed by atoms with E-state index in [-0.39, 0.29) is 5.92 Å². The van der Waals surface area contributed by atoms with Crippen LogP contribution in [0.4, 0.5) is 0 Å². The molecule has 0 spiro atoms. The van der Waals surface area contributed by atoms with Gasteiger partial charge >= 0.3 is 0 Å². The summed E-state index contributed by atoms with van der Waals surface area (Å²) in [6.07, 6.45) is 4.54. The molecule has 0 saturated heterocycles. The van der Waals surface area contributed by atoms with Crippen molar-refractivity contribution in [3.05, 3.63) is 0 Å². The lowest BCUT2D eigenvalue weighted by Gasteiger charge is -2.04. The second kappa shape index (κ2) is 5.45. The lowest BCUT2D eigenvalue weighted by Crippen LogP contribution is -1.96. The van der Waals surface area contributed by atoms with Crippen LogP contribution in [0.5, 0.6) is 0 Å². The summed E-state index contributed by atoms with van der Waals surface area (Å²) in [6.45, 7) is 6.41. The maximum atomic E-state index is 10.2. The highest BCUT2D eigenvalue weighted by Gasteiger charge is 1.99. The molecule has 0 amide bonds.